The van der Waals surface area contributed by atoms with E-state index < -0.39 is 10.0 Å². The molecule has 1 heterocycles. The number of benzene rings is 1. The molecule has 110 valence electrons. The molecule has 7 nitrogen and oxygen atoms in total. The van der Waals surface area contributed by atoms with Crippen LogP contribution in [0.15, 0.2) is 23.1 Å². The second-order valence-electron chi connectivity index (χ2n) is 4.90. The Labute approximate surface area is 118 Å². The van der Waals surface area contributed by atoms with Crippen molar-refractivity contribution in [3.8, 4) is 0 Å². The van der Waals surface area contributed by atoms with Crippen LogP contribution in [0.3, 0.4) is 0 Å². The maximum Gasteiger partial charge on any atom is 0.238 e. The number of carbonyl (C=O) groups is 1. The van der Waals surface area contributed by atoms with Crippen molar-refractivity contribution >= 4 is 27.3 Å². The van der Waals surface area contributed by atoms with Crippen LogP contribution in [0, 0.1) is 0 Å². The molecule has 2 rings (SSSR count). The fourth-order valence-electron chi connectivity index (χ4n) is 2.36. The van der Waals surface area contributed by atoms with Crippen molar-refractivity contribution in [3.63, 3.8) is 0 Å². The van der Waals surface area contributed by atoms with Gasteiger partial charge in [-0.05, 0) is 24.6 Å². The highest BCUT2D eigenvalue weighted by atomic mass is 32.2. The van der Waals surface area contributed by atoms with Crippen molar-refractivity contribution in [3.05, 3.63) is 18.2 Å². The summed E-state index contributed by atoms with van der Waals surface area (Å²) in [7, 11) is -3.76. The fraction of sp³-hybridized carbons (Fsp3) is 0.417. The largest absolute Gasteiger partial charge is 0.397 e. The average Bonchev–Trinajstić information content (AvgIpc) is 2.75. The highest BCUT2D eigenvalue weighted by molar-refractivity contribution is 7.89. The SMILES string of the molecule is CC(=O)NC1CCN(c2cc(S(N)(=O)=O)ccc2N)C1. The van der Waals surface area contributed by atoms with E-state index in [2.05, 4.69) is 5.32 Å². The summed E-state index contributed by atoms with van der Waals surface area (Å²) in [5.74, 6) is -0.0805. The molecule has 0 aromatic heterocycles. The van der Waals surface area contributed by atoms with E-state index in [0.717, 1.165) is 6.42 Å². The molecule has 1 aliphatic rings. The van der Waals surface area contributed by atoms with Crippen LogP contribution in [0.4, 0.5) is 11.4 Å². The van der Waals surface area contributed by atoms with Gasteiger partial charge in [0, 0.05) is 26.1 Å². The Balaban J connectivity index is 2.23. The molecule has 1 aliphatic heterocycles. The highest BCUT2D eigenvalue weighted by Crippen LogP contribution is 2.29. The lowest BCUT2D eigenvalue weighted by Gasteiger charge is -2.21. The van der Waals surface area contributed by atoms with Crippen LogP contribution >= 0.6 is 0 Å². The first-order valence-electron chi connectivity index (χ1n) is 6.22. The van der Waals surface area contributed by atoms with Crippen LogP contribution < -0.4 is 21.1 Å². The summed E-state index contributed by atoms with van der Waals surface area (Å²) in [5.41, 5.74) is 7.01. The van der Waals surface area contributed by atoms with Crippen LogP contribution in [0.1, 0.15) is 13.3 Å². The van der Waals surface area contributed by atoms with Crippen LogP contribution in [0.2, 0.25) is 0 Å². The van der Waals surface area contributed by atoms with Crippen molar-refractivity contribution in [2.24, 2.45) is 5.14 Å². The predicted molar refractivity (Wildman–Crippen MR) is 76.7 cm³/mol. The number of hydrogen-bond donors (Lipinski definition) is 3. The van der Waals surface area contributed by atoms with E-state index in [1.165, 1.54) is 25.1 Å². The van der Waals surface area contributed by atoms with Gasteiger partial charge in [0.05, 0.1) is 16.3 Å². The minimum atomic E-state index is -3.76. The van der Waals surface area contributed by atoms with Gasteiger partial charge in [-0.1, -0.05) is 0 Å². The summed E-state index contributed by atoms with van der Waals surface area (Å²) in [6.07, 6.45) is 0.790. The first-order chi connectivity index (χ1) is 9.27. The molecule has 1 unspecified atom stereocenters. The normalized spacial score (nSPS) is 19.1. The number of nitrogens with one attached hydrogen (secondary N) is 1. The molecule has 20 heavy (non-hydrogen) atoms. The molecule has 0 aliphatic carbocycles. The number of hydrogen-bond acceptors (Lipinski definition) is 5. The minimum absolute atomic E-state index is 0.0321. The standard InChI is InChI=1S/C12H18N4O3S/c1-8(17)15-9-4-5-16(7-9)12-6-10(20(14,18)19)2-3-11(12)13/h2-3,6,9H,4-5,7,13H2,1H3,(H,15,17)(H2,14,18,19). The van der Waals surface area contributed by atoms with E-state index >= 15 is 0 Å². The fourth-order valence-corrected chi connectivity index (χ4v) is 2.89. The third-order valence-corrected chi connectivity index (χ3v) is 4.18. The molecule has 1 atom stereocenters. The van der Waals surface area contributed by atoms with E-state index in [1.807, 2.05) is 4.90 Å². The molecular weight excluding hydrogens is 280 g/mol. The van der Waals surface area contributed by atoms with Gasteiger partial charge in [-0.3, -0.25) is 4.79 Å². The maximum absolute atomic E-state index is 11.4. The van der Waals surface area contributed by atoms with Gasteiger partial charge in [-0.15, -0.1) is 0 Å². The Morgan fingerprint density at radius 2 is 2.15 bits per heavy atom. The van der Waals surface area contributed by atoms with Gasteiger partial charge in [0.15, 0.2) is 0 Å². The topological polar surface area (TPSA) is 119 Å². The molecular formula is C12H18N4O3S. The van der Waals surface area contributed by atoms with Gasteiger partial charge in [-0.25, -0.2) is 13.6 Å². The van der Waals surface area contributed by atoms with Crippen molar-refractivity contribution in [2.45, 2.75) is 24.3 Å². The Bertz CT molecular complexity index is 630. The minimum Gasteiger partial charge on any atom is -0.397 e. The third-order valence-electron chi connectivity index (χ3n) is 3.27. The van der Waals surface area contributed by atoms with Crippen molar-refractivity contribution in [2.75, 3.05) is 23.7 Å². The van der Waals surface area contributed by atoms with Crippen LogP contribution in [0.25, 0.3) is 0 Å². The second-order valence-corrected chi connectivity index (χ2v) is 6.46. The van der Waals surface area contributed by atoms with Gasteiger partial charge in [0.2, 0.25) is 15.9 Å². The molecule has 1 saturated heterocycles. The van der Waals surface area contributed by atoms with E-state index in [9.17, 15) is 13.2 Å². The monoisotopic (exact) mass is 298 g/mol. The number of rotatable bonds is 3. The molecule has 0 saturated carbocycles. The van der Waals surface area contributed by atoms with E-state index in [0.29, 0.717) is 24.5 Å². The zero-order valence-electron chi connectivity index (χ0n) is 11.2. The predicted octanol–water partition coefficient (Wildman–Crippen LogP) is -0.369. The average molecular weight is 298 g/mol. The number of primary sulfonamides is 1. The Kier molecular flexibility index (Phi) is 3.87. The summed E-state index contributed by atoms with van der Waals surface area (Å²) in [5, 5.41) is 7.96. The smallest absolute Gasteiger partial charge is 0.238 e. The second kappa shape index (κ2) is 5.29. The maximum atomic E-state index is 11.4. The molecule has 0 radical (unpaired) electrons. The van der Waals surface area contributed by atoms with Crippen molar-refractivity contribution in [1.29, 1.82) is 0 Å². The summed E-state index contributed by atoms with van der Waals surface area (Å²) < 4.78 is 22.8. The van der Waals surface area contributed by atoms with Gasteiger partial charge in [0.25, 0.3) is 0 Å². The van der Waals surface area contributed by atoms with Crippen LogP contribution in [-0.2, 0) is 14.8 Å². The summed E-state index contributed by atoms with van der Waals surface area (Å²) in [6.45, 7) is 2.76. The number of nitrogens with two attached hydrogens (primary N) is 2. The van der Waals surface area contributed by atoms with Gasteiger partial charge in [-0.2, -0.15) is 0 Å². The van der Waals surface area contributed by atoms with E-state index in [-0.39, 0.29) is 16.8 Å². The van der Waals surface area contributed by atoms with Crippen molar-refractivity contribution < 1.29 is 13.2 Å². The Morgan fingerprint density at radius 1 is 1.45 bits per heavy atom. The molecule has 8 heteroatoms. The molecule has 5 N–H and O–H groups in total. The molecule has 0 bridgehead atoms. The van der Waals surface area contributed by atoms with E-state index in [1.54, 1.807) is 0 Å². The summed E-state index contributed by atoms with van der Waals surface area (Å²) in [4.78, 5) is 13.0. The van der Waals surface area contributed by atoms with Crippen molar-refractivity contribution in [1.82, 2.24) is 5.32 Å². The molecule has 1 aromatic rings. The summed E-state index contributed by atoms with van der Waals surface area (Å²) in [6, 6.07) is 4.43. The van der Waals surface area contributed by atoms with Gasteiger partial charge in [0.1, 0.15) is 0 Å². The number of sulfonamides is 1. The number of amides is 1. The lowest BCUT2D eigenvalue weighted by atomic mass is 10.2. The molecule has 1 fully saturated rings. The molecule has 1 aromatic carbocycles. The summed E-state index contributed by atoms with van der Waals surface area (Å²) >= 11 is 0. The quantitative estimate of drug-likeness (QED) is 0.658. The number of nitrogens with zero attached hydrogens (tertiary/aromatic N) is 1. The zero-order chi connectivity index (χ0) is 14.9. The Morgan fingerprint density at radius 3 is 2.75 bits per heavy atom. The third kappa shape index (κ3) is 3.20. The first kappa shape index (κ1) is 14.6. The molecule has 1 amide bonds. The highest BCUT2D eigenvalue weighted by Gasteiger charge is 2.25. The number of carbonyl (C=O) groups excluding carboxylic acids is 1. The van der Waals surface area contributed by atoms with Gasteiger partial charge >= 0.3 is 0 Å². The number of anilines is 2. The molecule has 0 spiro atoms. The lowest BCUT2D eigenvalue weighted by molar-refractivity contribution is -0.119. The first-order valence-corrected chi connectivity index (χ1v) is 7.76. The van der Waals surface area contributed by atoms with Crippen LogP contribution in [-0.4, -0.2) is 33.5 Å². The Hall–Kier alpha value is -1.80. The van der Waals surface area contributed by atoms with E-state index in [4.69, 9.17) is 10.9 Å². The van der Waals surface area contributed by atoms with Crippen LogP contribution in [0.5, 0.6) is 0 Å². The lowest BCUT2D eigenvalue weighted by Crippen LogP contribution is -2.35. The van der Waals surface area contributed by atoms with Gasteiger partial charge < -0.3 is 16.0 Å². The number of nitrogen functional groups attached to an aromatic ring is 1. The zero-order valence-corrected chi connectivity index (χ0v) is 12.0.